The summed E-state index contributed by atoms with van der Waals surface area (Å²) in [7, 11) is 0. The average molecular weight is 342 g/mol. The zero-order chi connectivity index (χ0) is 15.3. The van der Waals surface area contributed by atoms with E-state index in [0.29, 0.717) is 6.54 Å². The van der Waals surface area contributed by atoms with Gasteiger partial charge < -0.3 is 16.4 Å². The van der Waals surface area contributed by atoms with Crippen LogP contribution in [0, 0.1) is 5.92 Å². The number of nitrogens with zero attached hydrogens (tertiary/aromatic N) is 1. The predicted octanol–water partition coefficient (Wildman–Crippen LogP) is 1.25. The van der Waals surface area contributed by atoms with Crippen molar-refractivity contribution in [2.24, 2.45) is 17.4 Å². The lowest BCUT2D eigenvalue weighted by Crippen LogP contribution is -2.48. The molecule has 1 aromatic rings. The molecular weight excluding hydrogens is 322 g/mol. The maximum absolute atomic E-state index is 12.3. The van der Waals surface area contributed by atoms with Crippen molar-refractivity contribution in [1.29, 1.82) is 0 Å². The van der Waals surface area contributed by atoms with Crippen molar-refractivity contribution in [3.63, 3.8) is 0 Å². The van der Waals surface area contributed by atoms with Gasteiger partial charge in [-0.2, -0.15) is 0 Å². The fourth-order valence-electron chi connectivity index (χ4n) is 1.71. The highest BCUT2D eigenvalue weighted by Gasteiger charge is 2.24. The first-order valence-corrected chi connectivity index (χ1v) is 7.17. The van der Waals surface area contributed by atoms with Gasteiger partial charge in [-0.05, 0) is 23.6 Å². The van der Waals surface area contributed by atoms with Gasteiger partial charge in [0.15, 0.2) is 0 Å². The van der Waals surface area contributed by atoms with E-state index >= 15 is 0 Å². The van der Waals surface area contributed by atoms with E-state index in [1.54, 1.807) is 0 Å². The molecule has 4 N–H and O–H groups in total. The van der Waals surface area contributed by atoms with Gasteiger partial charge in [0.1, 0.15) is 0 Å². The van der Waals surface area contributed by atoms with Crippen LogP contribution in [0.25, 0.3) is 0 Å². The monoisotopic (exact) mass is 341 g/mol. The summed E-state index contributed by atoms with van der Waals surface area (Å²) in [6.45, 7) is 3.92. The van der Waals surface area contributed by atoms with Crippen LogP contribution in [-0.4, -0.2) is 29.3 Å². The molecule has 0 fully saturated rings. The zero-order valence-corrected chi connectivity index (χ0v) is 13.3. The third-order valence-electron chi connectivity index (χ3n) is 2.95. The highest BCUT2D eigenvalue weighted by molar-refractivity contribution is 9.10. The second-order valence-electron chi connectivity index (χ2n) is 5.06. The highest BCUT2D eigenvalue weighted by atomic mass is 79.9. The molecule has 0 unspecified atom stereocenters. The second kappa shape index (κ2) is 7.40. The van der Waals surface area contributed by atoms with Crippen molar-refractivity contribution in [3.8, 4) is 0 Å². The lowest BCUT2D eigenvalue weighted by Gasteiger charge is -2.26. The van der Waals surface area contributed by atoms with Gasteiger partial charge in [-0.15, -0.1) is 0 Å². The lowest BCUT2D eigenvalue weighted by molar-refractivity contribution is -0.137. The number of amides is 2. The molecule has 0 aromatic heterocycles. The van der Waals surface area contributed by atoms with Crippen LogP contribution in [0.3, 0.4) is 0 Å². The molecule has 0 spiro atoms. The molecule has 2 amide bonds. The van der Waals surface area contributed by atoms with Crippen molar-refractivity contribution in [3.05, 3.63) is 34.3 Å². The van der Waals surface area contributed by atoms with E-state index in [-0.39, 0.29) is 18.4 Å². The molecule has 0 aliphatic carbocycles. The third kappa shape index (κ3) is 4.94. The van der Waals surface area contributed by atoms with E-state index in [2.05, 4.69) is 15.9 Å². The molecule has 1 atom stereocenters. The Hall–Kier alpha value is -1.40. The minimum absolute atomic E-state index is 0.00259. The number of hydrogen-bond donors (Lipinski definition) is 2. The van der Waals surface area contributed by atoms with Crippen LogP contribution in [0.4, 0.5) is 0 Å². The van der Waals surface area contributed by atoms with Crippen molar-refractivity contribution < 1.29 is 9.59 Å². The summed E-state index contributed by atoms with van der Waals surface area (Å²) in [5.74, 6) is -0.809. The van der Waals surface area contributed by atoms with Gasteiger partial charge in [0.05, 0.1) is 12.6 Å². The number of primary amides is 1. The summed E-state index contributed by atoms with van der Waals surface area (Å²) in [6.07, 6.45) is 0. The standard InChI is InChI=1S/C14H20BrN3O2/c1-9(2)13(17)14(20)18(8-12(16)19)7-10-3-5-11(15)6-4-10/h3-6,9,13H,7-8,17H2,1-2H3,(H2,16,19)/t13-/m0/s1. The number of halogens is 1. The Labute approximate surface area is 127 Å². The Morgan fingerprint density at radius 1 is 1.25 bits per heavy atom. The third-order valence-corrected chi connectivity index (χ3v) is 3.48. The van der Waals surface area contributed by atoms with Crippen LogP contribution in [0.1, 0.15) is 19.4 Å². The molecule has 0 saturated carbocycles. The molecule has 0 saturated heterocycles. The average Bonchev–Trinajstić information content (AvgIpc) is 2.38. The van der Waals surface area contributed by atoms with Crippen molar-refractivity contribution in [2.75, 3.05) is 6.54 Å². The Morgan fingerprint density at radius 3 is 2.25 bits per heavy atom. The number of hydrogen-bond acceptors (Lipinski definition) is 3. The summed E-state index contributed by atoms with van der Waals surface area (Å²) in [4.78, 5) is 24.8. The van der Waals surface area contributed by atoms with Crippen LogP contribution in [0.15, 0.2) is 28.7 Å². The molecular formula is C14H20BrN3O2. The molecule has 20 heavy (non-hydrogen) atoms. The number of rotatable bonds is 6. The number of carbonyl (C=O) groups excluding carboxylic acids is 2. The minimum Gasteiger partial charge on any atom is -0.368 e. The fourth-order valence-corrected chi connectivity index (χ4v) is 1.97. The molecule has 1 aromatic carbocycles. The summed E-state index contributed by atoms with van der Waals surface area (Å²) < 4.78 is 0.952. The van der Waals surface area contributed by atoms with E-state index in [4.69, 9.17) is 11.5 Å². The first kappa shape index (κ1) is 16.7. The van der Waals surface area contributed by atoms with Crippen LogP contribution in [0.2, 0.25) is 0 Å². The van der Waals surface area contributed by atoms with Gasteiger partial charge in [-0.1, -0.05) is 41.9 Å². The Balaban J connectivity index is 2.86. The SMILES string of the molecule is CC(C)[C@H](N)C(=O)N(CC(N)=O)Cc1ccc(Br)cc1. The fraction of sp³-hybridized carbons (Fsp3) is 0.429. The Bertz CT molecular complexity index is 474. The second-order valence-corrected chi connectivity index (χ2v) is 5.97. The topological polar surface area (TPSA) is 89.4 Å². The maximum atomic E-state index is 12.3. The predicted molar refractivity (Wildman–Crippen MR) is 81.6 cm³/mol. The number of benzene rings is 1. The number of carbonyl (C=O) groups is 2. The molecule has 0 aliphatic rings. The summed E-state index contributed by atoms with van der Waals surface area (Å²) in [6, 6.07) is 6.89. The molecule has 0 heterocycles. The molecule has 0 aliphatic heterocycles. The van der Waals surface area contributed by atoms with Gasteiger partial charge in [0, 0.05) is 11.0 Å². The smallest absolute Gasteiger partial charge is 0.240 e. The number of nitrogens with two attached hydrogens (primary N) is 2. The van der Waals surface area contributed by atoms with Crippen molar-refractivity contribution in [2.45, 2.75) is 26.4 Å². The maximum Gasteiger partial charge on any atom is 0.240 e. The molecule has 110 valence electrons. The molecule has 5 nitrogen and oxygen atoms in total. The van der Waals surface area contributed by atoms with E-state index in [1.165, 1.54) is 4.90 Å². The van der Waals surface area contributed by atoms with Crippen LogP contribution < -0.4 is 11.5 Å². The largest absolute Gasteiger partial charge is 0.368 e. The zero-order valence-electron chi connectivity index (χ0n) is 11.7. The van der Waals surface area contributed by atoms with Crippen molar-refractivity contribution in [1.82, 2.24) is 4.90 Å². The summed E-state index contributed by atoms with van der Waals surface area (Å²) in [5.41, 5.74) is 12.0. The van der Waals surface area contributed by atoms with Crippen molar-refractivity contribution >= 4 is 27.7 Å². The molecule has 6 heteroatoms. The van der Waals surface area contributed by atoms with E-state index < -0.39 is 11.9 Å². The van der Waals surface area contributed by atoms with Gasteiger partial charge in [0.2, 0.25) is 11.8 Å². The first-order chi connectivity index (χ1) is 9.31. The van der Waals surface area contributed by atoms with Crippen LogP contribution in [0.5, 0.6) is 0 Å². The van der Waals surface area contributed by atoms with Crippen LogP contribution in [-0.2, 0) is 16.1 Å². The van der Waals surface area contributed by atoms with E-state index in [0.717, 1.165) is 10.0 Å². The molecule has 1 rings (SSSR count). The Kier molecular flexibility index (Phi) is 6.16. The Morgan fingerprint density at radius 2 is 1.80 bits per heavy atom. The quantitative estimate of drug-likeness (QED) is 0.815. The highest BCUT2D eigenvalue weighted by Crippen LogP contribution is 2.13. The van der Waals surface area contributed by atoms with E-state index in [9.17, 15) is 9.59 Å². The molecule has 0 radical (unpaired) electrons. The first-order valence-electron chi connectivity index (χ1n) is 6.38. The molecule has 0 bridgehead atoms. The van der Waals surface area contributed by atoms with E-state index in [1.807, 2.05) is 38.1 Å². The normalized spacial score (nSPS) is 12.2. The minimum atomic E-state index is -0.634. The van der Waals surface area contributed by atoms with Crippen LogP contribution >= 0.6 is 15.9 Å². The summed E-state index contributed by atoms with van der Waals surface area (Å²) in [5, 5.41) is 0. The van der Waals surface area contributed by atoms with Gasteiger partial charge >= 0.3 is 0 Å². The lowest BCUT2D eigenvalue weighted by atomic mass is 10.0. The van der Waals surface area contributed by atoms with Gasteiger partial charge in [0.25, 0.3) is 0 Å². The van der Waals surface area contributed by atoms with Gasteiger partial charge in [-0.25, -0.2) is 0 Å². The summed E-state index contributed by atoms with van der Waals surface area (Å²) >= 11 is 3.35. The van der Waals surface area contributed by atoms with Gasteiger partial charge in [-0.3, -0.25) is 9.59 Å².